The number of benzene rings is 1. The lowest BCUT2D eigenvalue weighted by molar-refractivity contribution is -0.114. The van der Waals surface area contributed by atoms with Gasteiger partial charge in [-0.05, 0) is 38.3 Å². The number of carbonyl (C=O) groups excluding carboxylic acids is 1. The molecule has 0 aliphatic carbocycles. The van der Waals surface area contributed by atoms with Crippen LogP contribution in [0.1, 0.15) is 32.6 Å². The summed E-state index contributed by atoms with van der Waals surface area (Å²) in [6, 6.07) is 10.7. The number of rotatable bonds is 0. The van der Waals surface area contributed by atoms with Gasteiger partial charge in [-0.2, -0.15) is 0 Å². The number of Topliss-reactive ketones (excluding diaryl/α,β-unsaturated/α-hetero) is 1. The smallest absolute Gasteiger partial charge is 0.126 e. The predicted octanol–water partition coefficient (Wildman–Crippen LogP) is 4.83. The molecule has 2 aromatic rings. The number of aryl methyl sites for hydroxylation is 1. The van der Waals surface area contributed by atoms with Crippen LogP contribution in [0.5, 0.6) is 0 Å². The summed E-state index contributed by atoms with van der Waals surface area (Å²) in [4.78, 5) is 10.8. The Labute approximate surface area is 102 Å². The van der Waals surface area contributed by atoms with E-state index in [0.717, 1.165) is 0 Å². The number of hydrogen-bond acceptors (Lipinski definition) is 2. The van der Waals surface area contributed by atoms with Gasteiger partial charge in [-0.25, -0.2) is 0 Å². The van der Waals surface area contributed by atoms with Gasteiger partial charge in [0.15, 0.2) is 0 Å². The fourth-order valence-corrected chi connectivity index (χ4v) is 2.04. The van der Waals surface area contributed by atoms with Crippen LogP contribution >= 0.6 is 11.3 Å². The molecule has 0 spiro atoms. The highest BCUT2D eigenvalue weighted by molar-refractivity contribution is 7.19. The van der Waals surface area contributed by atoms with Crippen LogP contribution in [0.2, 0.25) is 0 Å². The number of ketones is 1. The number of carbonyl (C=O) groups is 1. The van der Waals surface area contributed by atoms with Crippen molar-refractivity contribution in [2.24, 2.45) is 0 Å². The molecule has 0 unspecified atom stereocenters. The molecule has 1 nitrogen and oxygen atoms in total. The summed E-state index contributed by atoms with van der Waals surface area (Å²) in [5.41, 5.74) is 0. The summed E-state index contributed by atoms with van der Waals surface area (Å²) in [5, 5.41) is 1.37. The highest BCUT2D eigenvalue weighted by Crippen LogP contribution is 2.23. The third-order valence-corrected chi connectivity index (χ3v) is 2.58. The summed E-state index contributed by atoms with van der Waals surface area (Å²) < 4.78 is 1.39. The molecule has 0 amide bonds. The van der Waals surface area contributed by atoms with Gasteiger partial charge < -0.3 is 4.79 Å². The first kappa shape index (κ1) is 14.8. The van der Waals surface area contributed by atoms with Gasteiger partial charge >= 0.3 is 0 Å². The Kier molecular flexibility index (Phi) is 7.48. The minimum atomic E-state index is 0.167. The molecule has 0 saturated heterocycles. The molecule has 0 aliphatic rings. The average molecular weight is 236 g/mol. The van der Waals surface area contributed by atoms with Gasteiger partial charge in [-0.3, -0.25) is 0 Å². The topological polar surface area (TPSA) is 17.1 Å². The SMILES string of the molecule is CC.CC(C)=O.Cc1cc2ccccc2s1. The van der Waals surface area contributed by atoms with E-state index in [4.69, 9.17) is 0 Å². The van der Waals surface area contributed by atoms with Crippen molar-refractivity contribution < 1.29 is 4.79 Å². The van der Waals surface area contributed by atoms with E-state index in [-0.39, 0.29) is 5.78 Å². The lowest BCUT2D eigenvalue weighted by Gasteiger charge is -1.82. The molecule has 1 heterocycles. The standard InChI is InChI=1S/C9H8S.C3H6O.C2H6/c1-7-6-8-4-2-3-5-9(8)10-7;1-3(2)4;1-2/h2-6H,1H3;1-2H3;1-2H3. The van der Waals surface area contributed by atoms with Crippen LogP contribution in [0.4, 0.5) is 0 Å². The molecule has 0 fully saturated rings. The first-order valence-corrected chi connectivity index (χ1v) is 6.33. The molecule has 0 saturated carbocycles. The Morgan fingerprint density at radius 3 is 2.12 bits per heavy atom. The Bertz CT molecular complexity index is 392. The van der Waals surface area contributed by atoms with Gasteiger partial charge in [0.05, 0.1) is 0 Å². The number of hydrogen-bond donors (Lipinski definition) is 0. The highest BCUT2D eigenvalue weighted by atomic mass is 32.1. The third-order valence-electron chi connectivity index (χ3n) is 1.55. The van der Waals surface area contributed by atoms with Crippen LogP contribution in [0, 0.1) is 6.92 Å². The predicted molar refractivity (Wildman–Crippen MR) is 74.3 cm³/mol. The fraction of sp³-hybridized carbons (Fsp3) is 0.357. The first-order valence-electron chi connectivity index (χ1n) is 5.52. The zero-order valence-electron chi connectivity index (χ0n) is 10.7. The van der Waals surface area contributed by atoms with Gasteiger partial charge in [-0.1, -0.05) is 32.0 Å². The lowest BCUT2D eigenvalue weighted by atomic mass is 10.2. The second-order valence-electron chi connectivity index (χ2n) is 3.30. The van der Waals surface area contributed by atoms with E-state index < -0.39 is 0 Å². The van der Waals surface area contributed by atoms with Crippen LogP contribution in [0.25, 0.3) is 10.1 Å². The summed E-state index contributed by atoms with van der Waals surface area (Å²) in [6.07, 6.45) is 0. The Morgan fingerprint density at radius 2 is 1.62 bits per heavy atom. The van der Waals surface area contributed by atoms with Crippen LogP contribution in [-0.2, 0) is 4.79 Å². The zero-order valence-corrected chi connectivity index (χ0v) is 11.5. The Hall–Kier alpha value is -1.15. The van der Waals surface area contributed by atoms with Gasteiger partial charge in [-0.15, -0.1) is 11.3 Å². The van der Waals surface area contributed by atoms with Crippen LogP contribution in [0.15, 0.2) is 30.3 Å². The number of fused-ring (bicyclic) bond motifs is 1. The second-order valence-corrected chi connectivity index (χ2v) is 4.59. The van der Waals surface area contributed by atoms with Crippen molar-refractivity contribution in [3.05, 3.63) is 35.2 Å². The van der Waals surface area contributed by atoms with Gasteiger partial charge in [0.1, 0.15) is 5.78 Å². The molecular formula is C14H20OS. The zero-order chi connectivity index (χ0) is 12.6. The van der Waals surface area contributed by atoms with E-state index in [1.165, 1.54) is 28.8 Å². The van der Waals surface area contributed by atoms with Crippen molar-refractivity contribution in [3.63, 3.8) is 0 Å². The molecule has 88 valence electrons. The van der Waals surface area contributed by atoms with E-state index in [0.29, 0.717) is 0 Å². The maximum Gasteiger partial charge on any atom is 0.126 e. The van der Waals surface area contributed by atoms with Crippen molar-refractivity contribution in [1.29, 1.82) is 0 Å². The second kappa shape index (κ2) is 8.05. The lowest BCUT2D eigenvalue weighted by Crippen LogP contribution is -1.69. The summed E-state index contributed by atoms with van der Waals surface area (Å²) >= 11 is 1.85. The molecule has 16 heavy (non-hydrogen) atoms. The highest BCUT2D eigenvalue weighted by Gasteiger charge is 1.93. The molecule has 1 aromatic carbocycles. The third kappa shape index (κ3) is 5.66. The van der Waals surface area contributed by atoms with Gasteiger partial charge in [0, 0.05) is 9.58 Å². The summed E-state index contributed by atoms with van der Waals surface area (Å²) in [5.74, 6) is 0.167. The Balaban J connectivity index is 0.000000323. The maximum absolute atomic E-state index is 9.44. The van der Waals surface area contributed by atoms with E-state index in [1.807, 2.05) is 25.2 Å². The monoisotopic (exact) mass is 236 g/mol. The van der Waals surface area contributed by atoms with Crippen molar-refractivity contribution in [1.82, 2.24) is 0 Å². The van der Waals surface area contributed by atoms with E-state index in [1.54, 1.807) is 0 Å². The minimum Gasteiger partial charge on any atom is -0.300 e. The molecule has 0 radical (unpaired) electrons. The average Bonchev–Trinajstić information content (AvgIpc) is 2.60. The van der Waals surface area contributed by atoms with E-state index in [9.17, 15) is 4.79 Å². The molecular weight excluding hydrogens is 216 g/mol. The van der Waals surface area contributed by atoms with Crippen molar-refractivity contribution in [3.8, 4) is 0 Å². The summed E-state index contributed by atoms with van der Waals surface area (Å²) in [7, 11) is 0. The first-order chi connectivity index (χ1) is 7.59. The molecule has 0 aliphatic heterocycles. The molecule has 2 heteroatoms. The van der Waals surface area contributed by atoms with Gasteiger partial charge in [0.2, 0.25) is 0 Å². The molecule has 2 rings (SSSR count). The molecule has 0 atom stereocenters. The molecule has 0 bridgehead atoms. The van der Waals surface area contributed by atoms with Crippen LogP contribution < -0.4 is 0 Å². The van der Waals surface area contributed by atoms with Crippen molar-refractivity contribution in [2.75, 3.05) is 0 Å². The largest absolute Gasteiger partial charge is 0.300 e. The van der Waals surface area contributed by atoms with E-state index in [2.05, 4.69) is 37.3 Å². The van der Waals surface area contributed by atoms with E-state index >= 15 is 0 Å². The van der Waals surface area contributed by atoms with Crippen LogP contribution in [0.3, 0.4) is 0 Å². The maximum atomic E-state index is 9.44. The molecule has 1 aromatic heterocycles. The number of thiophene rings is 1. The molecule has 0 N–H and O–H groups in total. The van der Waals surface area contributed by atoms with Crippen molar-refractivity contribution in [2.45, 2.75) is 34.6 Å². The fourth-order valence-electron chi connectivity index (χ4n) is 1.11. The quantitative estimate of drug-likeness (QED) is 0.640. The van der Waals surface area contributed by atoms with Crippen molar-refractivity contribution >= 4 is 27.2 Å². The Morgan fingerprint density at radius 1 is 1.12 bits per heavy atom. The minimum absolute atomic E-state index is 0.167. The van der Waals surface area contributed by atoms with Gasteiger partial charge in [0.25, 0.3) is 0 Å². The normalized spacial score (nSPS) is 8.56. The van der Waals surface area contributed by atoms with Crippen LogP contribution in [-0.4, -0.2) is 5.78 Å². The summed E-state index contributed by atoms with van der Waals surface area (Å²) in [6.45, 7) is 9.20.